The zero-order valence-corrected chi connectivity index (χ0v) is 13.6. The van der Waals surface area contributed by atoms with Crippen molar-refractivity contribution in [1.82, 2.24) is 9.80 Å². The molecule has 0 unspecified atom stereocenters. The first-order valence-corrected chi connectivity index (χ1v) is 7.90. The summed E-state index contributed by atoms with van der Waals surface area (Å²) in [4.78, 5) is 15.6. The monoisotopic (exact) mass is 306 g/mol. The molecule has 0 N–H and O–H groups in total. The molecule has 0 aliphatic carbocycles. The Bertz CT molecular complexity index is 471. The van der Waals surface area contributed by atoms with Gasteiger partial charge in [0, 0.05) is 31.7 Å². The zero-order chi connectivity index (χ0) is 15.8. The molecule has 0 bridgehead atoms. The molecule has 22 heavy (non-hydrogen) atoms. The summed E-state index contributed by atoms with van der Waals surface area (Å²) < 4.78 is 11.0. The third kappa shape index (κ3) is 5.00. The Morgan fingerprint density at radius 2 is 1.91 bits per heavy atom. The molecule has 0 saturated carbocycles. The number of hydrogen-bond acceptors (Lipinski definition) is 5. The molecule has 122 valence electrons. The Balaban J connectivity index is 1.67. The Morgan fingerprint density at radius 3 is 2.59 bits per heavy atom. The molecule has 1 saturated heterocycles. The van der Waals surface area contributed by atoms with Gasteiger partial charge in [-0.25, -0.2) is 0 Å². The van der Waals surface area contributed by atoms with Crippen molar-refractivity contribution in [2.45, 2.75) is 12.8 Å². The van der Waals surface area contributed by atoms with E-state index in [0.29, 0.717) is 23.7 Å². The average Bonchev–Trinajstić information content (AvgIpc) is 2.56. The third-order valence-corrected chi connectivity index (χ3v) is 4.05. The van der Waals surface area contributed by atoms with Crippen molar-refractivity contribution in [3.63, 3.8) is 0 Å². The topological polar surface area (TPSA) is 42.0 Å². The van der Waals surface area contributed by atoms with Crippen molar-refractivity contribution in [1.29, 1.82) is 0 Å². The van der Waals surface area contributed by atoms with Crippen molar-refractivity contribution < 1.29 is 14.3 Å². The quantitative estimate of drug-likeness (QED) is 0.542. The molecule has 0 atom stereocenters. The van der Waals surface area contributed by atoms with Crippen LogP contribution in [0.4, 0.5) is 0 Å². The number of ether oxygens (including phenoxy) is 2. The van der Waals surface area contributed by atoms with Gasteiger partial charge in [0.2, 0.25) is 0 Å². The van der Waals surface area contributed by atoms with E-state index in [2.05, 4.69) is 16.8 Å². The second kappa shape index (κ2) is 8.76. The van der Waals surface area contributed by atoms with E-state index >= 15 is 0 Å². The van der Waals surface area contributed by atoms with Crippen LogP contribution in [-0.4, -0.2) is 69.6 Å². The molecule has 5 nitrogen and oxygen atoms in total. The third-order valence-electron chi connectivity index (χ3n) is 4.05. The highest BCUT2D eigenvalue weighted by atomic mass is 16.5. The summed E-state index contributed by atoms with van der Waals surface area (Å²) in [5.74, 6) is 1.32. The van der Waals surface area contributed by atoms with Gasteiger partial charge in [-0.15, -0.1) is 0 Å². The van der Waals surface area contributed by atoms with Gasteiger partial charge in [-0.1, -0.05) is 0 Å². The van der Waals surface area contributed by atoms with Gasteiger partial charge in [0.15, 0.2) is 11.5 Å². The van der Waals surface area contributed by atoms with Crippen LogP contribution in [0.5, 0.6) is 11.5 Å². The van der Waals surface area contributed by atoms with Crippen LogP contribution in [0.3, 0.4) is 0 Å². The minimum absolute atomic E-state index is 0.597. The van der Waals surface area contributed by atoms with Crippen LogP contribution in [0.2, 0.25) is 0 Å². The predicted octanol–water partition coefficient (Wildman–Crippen LogP) is 1.91. The summed E-state index contributed by atoms with van der Waals surface area (Å²) in [7, 11) is 3.76. The molecular weight excluding hydrogens is 280 g/mol. The fraction of sp³-hybridized carbons (Fsp3) is 0.588. The standard InChI is InChI=1S/C17H26N2O3/c1-18-8-10-19(11-9-18)7-3-4-12-22-16-6-5-15(14-20)13-17(16)21-2/h5-6,13-14H,3-4,7-12H2,1-2H3. The average molecular weight is 306 g/mol. The highest BCUT2D eigenvalue weighted by Crippen LogP contribution is 2.27. The van der Waals surface area contributed by atoms with Gasteiger partial charge in [0.05, 0.1) is 13.7 Å². The summed E-state index contributed by atoms with van der Waals surface area (Å²) >= 11 is 0. The fourth-order valence-corrected chi connectivity index (χ4v) is 2.57. The summed E-state index contributed by atoms with van der Waals surface area (Å²) in [6.07, 6.45) is 2.96. The maximum atomic E-state index is 10.8. The van der Waals surface area contributed by atoms with E-state index in [4.69, 9.17) is 9.47 Å². The van der Waals surface area contributed by atoms with Crippen LogP contribution in [0, 0.1) is 0 Å². The number of hydrogen-bond donors (Lipinski definition) is 0. The molecular formula is C17H26N2O3. The SMILES string of the molecule is COc1cc(C=O)ccc1OCCCCN1CCN(C)CC1. The molecule has 0 aromatic heterocycles. The van der Waals surface area contributed by atoms with Crippen molar-refractivity contribution in [3.8, 4) is 11.5 Å². The van der Waals surface area contributed by atoms with E-state index in [0.717, 1.165) is 38.8 Å². The Labute approximate surface area is 132 Å². The number of benzene rings is 1. The minimum Gasteiger partial charge on any atom is -0.493 e. The van der Waals surface area contributed by atoms with Gasteiger partial charge < -0.3 is 19.3 Å². The van der Waals surface area contributed by atoms with E-state index in [1.54, 1.807) is 25.3 Å². The second-order valence-corrected chi connectivity index (χ2v) is 5.73. The molecule has 0 amide bonds. The first kappa shape index (κ1) is 16.8. The Kier molecular flexibility index (Phi) is 6.68. The highest BCUT2D eigenvalue weighted by Gasteiger charge is 2.12. The van der Waals surface area contributed by atoms with E-state index < -0.39 is 0 Å². The number of carbonyl (C=O) groups is 1. The molecule has 1 aliphatic heterocycles. The van der Waals surface area contributed by atoms with Gasteiger partial charge in [-0.05, 0) is 44.6 Å². The summed E-state index contributed by atoms with van der Waals surface area (Å²) in [6.45, 7) is 6.47. The second-order valence-electron chi connectivity index (χ2n) is 5.73. The van der Waals surface area contributed by atoms with Gasteiger partial charge in [-0.2, -0.15) is 0 Å². The predicted molar refractivity (Wildman–Crippen MR) is 87.0 cm³/mol. The lowest BCUT2D eigenvalue weighted by Crippen LogP contribution is -2.44. The van der Waals surface area contributed by atoms with Crippen molar-refractivity contribution in [2.75, 3.05) is 53.5 Å². The van der Waals surface area contributed by atoms with E-state index in [1.807, 2.05) is 0 Å². The number of unbranched alkanes of at least 4 members (excludes halogenated alkanes) is 1. The highest BCUT2D eigenvalue weighted by molar-refractivity contribution is 5.76. The lowest BCUT2D eigenvalue weighted by atomic mass is 10.2. The van der Waals surface area contributed by atoms with Gasteiger partial charge in [0.25, 0.3) is 0 Å². The van der Waals surface area contributed by atoms with E-state index in [1.165, 1.54) is 13.1 Å². The van der Waals surface area contributed by atoms with Gasteiger partial charge in [-0.3, -0.25) is 4.79 Å². The van der Waals surface area contributed by atoms with Gasteiger partial charge in [0.1, 0.15) is 6.29 Å². The first-order valence-electron chi connectivity index (χ1n) is 7.90. The molecule has 1 aliphatic rings. The van der Waals surface area contributed by atoms with E-state index in [9.17, 15) is 4.79 Å². The summed E-state index contributed by atoms with van der Waals surface area (Å²) in [6, 6.07) is 5.24. The largest absolute Gasteiger partial charge is 0.493 e. The summed E-state index contributed by atoms with van der Waals surface area (Å²) in [5, 5.41) is 0. The Hall–Kier alpha value is -1.59. The molecule has 1 fully saturated rings. The molecule has 0 radical (unpaired) electrons. The lowest BCUT2D eigenvalue weighted by molar-refractivity contribution is 0.112. The molecule has 1 aromatic carbocycles. The maximum Gasteiger partial charge on any atom is 0.161 e. The number of aldehydes is 1. The van der Waals surface area contributed by atoms with Crippen LogP contribution in [0.25, 0.3) is 0 Å². The number of carbonyl (C=O) groups excluding carboxylic acids is 1. The van der Waals surface area contributed by atoms with Crippen LogP contribution in [0.1, 0.15) is 23.2 Å². The van der Waals surface area contributed by atoms with Crippen LogP contribution in [0.15, 0.2) is 18.2 Å². The van der Waals surface area contributed by atoms with E-state index in [-0.39, 0.29) is 0 Å². The molecule has 1 aromatic rings. The molecule has 1 heterocycles. The van der Waals surface area contributed by atoms with Gasteiger partial charge >= 0.3 is 0 Å². The van der Waals surface area contributed by atoms with Crippen molar-refractivity contribution in [2.24, 2.45) is 0 Å². The Morgan fingerprint density at radius 1 is 1.14 bits per heavy atom. The van der Waals surface area contributed by atoms with Crippen molar-refractivity contribution in [3.05, 3.63) is 23.8 Å². The normalized spacial score (nSPS) is 16.5. The van der Waals surface area contributed by atoms with Crippen molar-refractivity contribution >= 4 is 6.29 Å². The maximum absolute atomic E-state index is 10.8. The number of piperazine rings is 1. The van der Waals surface area contributed by atoms with Crippen LogP contribution >= 0.6 is 0 Å². The number of nitrogens with zero attached hydrogens (tertiary/aromatic N) is 2. The number of methoxy groups -OCH3 is 1. The minimum atomic E-state index is 0.597. The summed E-state index contributed by atoms with van der Waals surface area (Å²) in [5.41, 5.74) is 0.597. The zero-order valence-electron chi connectivity index (χ0n) is 13.6. The first-order chi connectivity index (χ1) is 10.7. The number of rotatable bonds is 8. The van der Waals surface area contributed by atoms with Crippen LogP contribution in [-0.2, 0) is 0 Å². The fourth-order valence-electron chi connectivity index (χ4n) is 2.57. The molecule has 5 heteroatoms. The lowest BCUT2D eigenvalue weighted by Gasteiger charge is -2.32. The molecule has 2 rings (SSSR count). The smallest absolute Gasteiger partial charge is 0.161 e. The number of likely N-dealkylation sites (N-methyl/N-ethyl adjacent to an activating group) is 1. The van der Waals surface area contributed by atoms with Crippen LogP contribution < -0.4 is 9.47 Å². The molecule has 0 spiro atoms.